The number of nitrogens with one attached hydrogen (secondary N) is 1. The Morgan fingerprint density at radius 1 is 1.14 bits per heavy atom. The maximum atomic E-state index is 12.8. The number of H-pyrrole nitrogens is 1. The van der Waals surface area contributed by atoms with Gasteiger partial charge in [0.1, 0.15) is 5.82 Å². The predicted octanol–water partition coefficient (Wildman–Crippen LogP) is 5.32. The molecule has 1 heterocycles. The summed E-state index contributed by atoms with van der Waals surface area (Å²) in [4.78, 5) is 7.47. The van der Waals surface area contributed by atoms with Crippen molar-refractivity contribution in [2.75, 3.05) is 0 Å². The first-order valence-electron chi connectivity index (χ1n) is 6.18. The molecule has 3 aromatic rings. The van der Waals surface area contributed by atoms with Crippen LogP contribution in [0.4, 0.5) is 13.2 Å². The number of nitrogens with zero attached hydrogens (tertiary/aromatic N) is 1. The van der Waals surface area contributed by atoms with Gasteiger partial charge in [0.2, 0.25) is 0 Å². The van der Waals surface area contributed by atoms with Crippen molar-refractivity contribution in [1.29, 1.82) is 0 Å². The summed E-state index contributed by atoms with van der Waals surface area (Å²) in [5.41, 5.74) is 2.23. The summed E-state index contributed by atoms with van der Waals surface area (Å²) in [6.45, 7) is 1.91. The average Bonchev–Trinajstić information content (AvgIpc) is 2.82. The number of alkyl halides is 3. The molecule has 1 aromatic heterocycles. The molecule has 0 aliphatic heterocycles. The van der Waals surface area contributed by atoms with Crippen LogP contribution in [0.5, 0.6) is 0 Å². The summed E-state index contributed by atoms with van der Waals surface area (Å²) in [6.07, 6.45) is -4.36. The SMILES string of the molecule is Cc1cc(Br)cc2[nH]c(-c3cccc(C(F)(F)F)c3)nc12. The number of aromatic amines is 1. The highest BCUT2D eigenvalue weighted by atomic mass is 79.9. The predicted molar refractivity (Wildman–Crippen MR) is 79.0 cm³/mol. The van der Waals surface area contributed by atoms with Crippen LogP contribution in [0.25, 0.3) is 22.4 Å². The fourth-order valence-corrected chi connectivity index (χ4v) is 2.80. The summed E-state index contributed by atoms with van der Waals surface area (Å²) in [5.74, 6) is 0.428. The number of imidazole rings is 1. The van der Waals surface area contributed by atoms with E-state index in [0.717, 1.165) is 33.2 Å². The van der Waals surface area contributed by atoms with Crippen LogP contribution in [-0.4, -0.2) is 9.97 Å². The lowest BCUT2D eigenvalue weighted by molar-refractivity contribution is -0.137. The Bertz CT molecular complexity index is 821. The van der Waals surface area contributed by atoms with Crippen LogP contribution in [0.15, 0.2) is 40.9 Å². The van der Waals surface area contributed by atoms with Gasteiger partial charge in [-0.1, -0.05) is 28.1 Å². The van der Waals surface area contributed by atoms with Crippen LogP contribution in [0.1, 0.15) is 11.1 Å². The van der Waals surface area contributed by atoms with Gasteiger partial charge in [0, 0.05) is 10.0 Å². The molecular formula is C15H10BrF3N2. The highest BCUT2D eigenvalue weighted by Gasteiger charge is 2.30. The quantitative estimate of drug-likeness (QED) is 0.629. The van der Waals surface area contributed by atoms with E-state index in [1.165, 1.54) is 6.07 Å². The van der Waals surface area contributed by atoms with Gasteiger partial charge in [0.15, 0.2) is 0 Å². The Hall–Kier alpha value is -1.82. The standard InChI is InChI=1S/C15H10BrF3N2/c1-8-5-11(16)7-12-13(8)21-14(20-12)9-3-2-4-10(6-9)15(17,18)19/h2-7H,1H3,(H,20,21). The van der Waals surface area contributed by atoms with Gasteiger partial charge < -0.3 is 4.98 Å². The highest BCUT2D eigenvalue weighted by molar-refractivity contribution is 9.10. The Kier molecular flexibility index (Phi) is 3.28. The molecule has 21 heavy (non-hydrogen) atoms. The lowest BCUT2D eigenvalue weighted by atomic mass is 10.1. The van der Waals surface area contributed by atoms with Crippen molar-refractivity contribution in [2.45, 2.75) is 13.1 Å². The Balaban J connectivity index is 2.15. The number of hydrogen-bond donors (Lipinski definition) is 1. The number of rotatable bonds is 1. The molecule has 0 aliphatic rings. The molecule has 0 amide bonds. The lowest BCUT2D eigenvalue weighted by Gasteiger charge is -2.07. The topological polar surface area (TPSA) is 28.7 Å². The highest BCUT2D eigenvalue weighted by Crippen LogP contribution is 2.32. The zero-order valence-corrected chi connectivity index (χ0v) is 12.5. The zero-order chi connectivity index (χ0) is 15.2. The Morgan fingerprint density at radius 3 is 2.62 bits per heavy atom. The number of aryl methyl sites for hydroxylation is 1. The second-order valence-corrected chi connectivity index (χ2v) is 5.70. The van der Waals surface area contributed by atoms with Crippen LogP contribution in [-0.2, 0) is 6.18 Å². The van der Waals surface area contributed by atoms with E-state index in [2.05, 4.69) is 25.9 Å². The molecule has 0 fully saturated rings. The Morgan fingerprint density at radius 2 is 1.90 bits per heavy atom. The number of benzene rings is 2. The minimum Gasteiger partial charge on any atom is -0.338 e. The van der Waals surface area contributed by atoms with E-state index < -0.39 is 11.7 Å². The second-order valence-electron chi connectivity index (χ2n) is 4.78. The largest absolute Gasteiger partial charge is 0.416 e. The molecule has 0 aliphatic carbocycles. The van der Waals surface area contributed by atoms with Gasteiger partial charge in [-0.15, -0.1) is 0 Å². The normalized spacial score (nSPS) is 12.0. The van der Waals surface area contributed by atoms with Crippen molar-refractivity contribution < 1.29 is 13.2 Å². The van der Waals surface area contributed by atoms with Crippen molar-refractivity contribution in [3.8, 4) is 11.4 Å². The molecule has 3 rings (SSSR count). The summed E-state index contributed by atoms with van der Waals surface area (Å²) in [5, 5.41) is 0. The molecule has 2 aromatic carbocycles. The average molecular weight is 355 g/mol. The Labute approximate surface area is 127 Å². The minimum atomic E-state index is -4.36. The van der Waals surface area contributed by atoms with Crippen LogP contribution in [0.2, 0.25) is 0 Å². The molecular weight excluding hydrogens is 345 g/mol. The lowest BCUT2D eigenvalue weighted by Crippen LogP contribution is -2.04. The first-order valence-corrected chi connectivity index (χ1v) is 6.97. The van der Waals surface area contributed by atoms with Gasteiger partial charge in [-0.2, -0.15) is 13.2 Å². The third kappa shape index (κ3) is 2.68. The summed E-state index contributed by atoms with van der Waals surface area (Å²) in [7, 11) is 0. The van der Waals surface area contributed by atoms with Crippen LogP contribution in [0.3, 0.4) is 0 Å². The molecule has 0 saturated heterocycles. The molecule has 0 saturated carbocycles. The van der Waals surface area contributed by atoms with Crippen molar-refractivity contribution in [1.82, 2.24) is 9.97 Å². The van der Waals surface area contributed by atoms with Crippen LogP contribution >= 0.6 is 15.9 Å². The molecule has 1 N–H and O–H groups in total. The maximum Gasteiger partial charge on any atom is 0.416 e. The molecule has 0 unspecified atom stereocenters. The van der Waals surface area contributed by atoms with Gasteiger partial charge in [-0.3, -0.25) is 0 Å². The first-order chi connectivity index (χ1) is 9.84. The van der Waals surface area contributed by atoms with Crippen molar-refractivity contribution in [3.05, 3.63) is 52.0 Å². The first kappa shape index (κ1) is 14.1. The zero-order valence-electron chi connectivity index (χ0n) is 10.9. The summed E-state index contributed by atoms with van der Waals surface area (Å²) < 4.78 is 39.2. The van der Waals surface area contributed by atoms with E-state index in [1.807, 2.05) is 19.1 Å². The van der Waals surface area contributed by atoms with E-state index in [0.29, 0.717) is 11.4 Å². The van der Waals surface area contributed by atoms with Crippen molar-refractivity contribution >= 4 is 27.0 Å². The van der Waals surface area contributed by atoms with E-state index >= 15 is 0 Å². The van der Waals surface area contributed by atoms with Gasteiger partial charge in [0.05, 0.1) is 16.6 Å². The van der Waals surface area contributed by atoms with E-state index in [1.54, 1.807) is 6.07 Å². The molecule has 0 bridgehead atoms. The van der Waals surface area contributed by atoms with E-state index in [4.69, 9.17) is 0 Å². The number of halogens is 4. The minimum absolute atomic E-state index is 0.413. The molecule has 108 valence electrons. The fraction of sp³-hybridized carbons (Fsp3) is 0.133. The number of aromatic nitrogens is 2. The summed E-state index contributed by atoms with van der Waals surface area (Å²) >= 11 is 3.39. The van der Waals surface area contributed by atoms with E-state index in [9.17, 15) is 13.2 Å². The van der Waals surface area contributed by atoms with Gasteiger partial charge in [-0.05, 0) is 36.8 Å². The number of hydrogen-bond acceptors (Lipinski definition) is 1. The van der Waals surface area contributed by atoms with E-state index in [-0.39, 0.29) is 0 Å². The van der Waals surface area contributed by atoms with Crippen molar-refractivity contribution in [3.63, 3.8) is 0 Å². The monoisotopic (exact) mass is 354 g/mol. The molecule has 0 radical (unpaired) electrons. The molecule has 0 spiro atoms. The second kappa shape index (κ2) is 4.87. The van der Waals surface area contributed by atoms with Gasteiger partial charge >= 0.3 is 6.18 Å². The third-order valence-electron chi connectivity index (χ3n) is 3.21. The fourth-order valence-electron chi connectivity index (χ4n) is 2.23. The molecule has 2 nitrogen and oxygen atoms in total. The third-order valence-corrected chi connectivity index (χ3v) is 3.66. The van der Waals surface area contributed by atoms with Crippen molar-refractivity contribution in [2.24, 2.45) is 0 Å². The summed E-state index contributed by atoms with van der Waals surface area (Å²) in [6, 6.07) is 8.91. The smallest absolute Gasteiger partial charge is 0.338 e. The van der Waals surface area contributed by atoms with Gasteiger partial charge in [0.25, 0.3) is 0 Å². The van der Waals surface area contributed by atoms with Crippen LogP contribution < -0.4 is 0 Å². The molecule has 0 atom stereocenters. The maximum absolute atomic E-state index is 12.8. The number of fused-ring (bicyclic) bond motifs is 1. The van der Waals surface area contributed by atoms with Gasteiger partial charge in [-0.25, -0.2) is 4.98 Å². The van der Waals surface area contributed by atoms with Crippen LogP contribution in [0, 0.1) is 6.92 Å². The molecule has 6 heteroatoms.